The third kappa shape index (κ3) is 4.90. The van der Waals surface area contributed by atoms with Crippen LogP contribution in [0.3, 0.4) is 0 Å². The molecule has 0 radical (unpaired) electrons. The van der Waals surface area contributed by atoms with Crippen molar-refractivity contribution in [1.82, 2.24) is 14.7 Å². The van der Waals surface area contributed by atoms with Crippen LogP contribution >= 0.6 is 32.2 Å². The first kappa shape index (κ1) is 24.0. The van der Waals surface area contributed by atoms with Crippen molar-refractivity contribution in [1.29, 1.82) is 0 Å². The van der Waals surface area contributed by atoms with E-state index in [9.17, 15) is 18.7 Å². The Kier molecular flexibility index (Phi) is 6.74. The van der Waals surface area contributed by atoms with Gasteiger partial charge in [-0.3, -0.25) is 9.48 Å². The molecule has 1 N–H and O–H groups in total. The molecular formula is C23H23ClF2N3O2PS. The summed E-state index contributed by atoms with van der Waals surface area (Å²) < 4.78 is 31.0. The van der Waals surface area contributed by atoms with Crippen LogP contribution in [0.25, 0.3) is 11.1 Å². The summed E-state index contributed by atoms with van der Waals surface area (Å²) in [5, 5.41) is 13.8. The highest BCUT2D eigenvalue weighted by molar-refractivity contribution is 7.17. The number of fused-ring (bicyclic) bond motifs is 1. The van der Waals surface area contributed by atoms with Crippen LogP contribution in [0.5, 0.6) is 0 Å². The minimum atomic E-state index is -3.26. The third-order valence-corrected chi connectivity index (χ3v) is 7.10. The summed E-state index contributed by atoms with van der Waals surface area (Å²) in [6.07, 6.45) is 2.07. The monoisotopic (exact) mass is 509 g/mol. The predicted molar refractivity (Wildman–Crippen MR) is 130 cm³/mol. The maximum Gasteiger partial charge on any atom is 0.302 e. The van der Waals surface area contributed by atoms with Gasteiger partial charge in [0.05, 0.1) is 23.5 Å². The second-order valence-corrected chi connectivity index (χ2v) is 10.6. The number of aliphatic hydroxyl groups excluding tert-OH is 1. The largest absolute Gasteiger partial charge is 0.391 e. The fraction of sp³-hybridized carbons (Fsp3) is 0.304. The highest BCUT2D eigenvalue weighted by atomic mass is 35.5. The molecule has 4 rings (SSSR count). The smallest absolute Gasteiger partial charge is 0.302 e. The third-order valence-electron chi connectivity index (χ3n) is 5.57. The number of thiophene rings is 1. The molecule has 0 fully saturated rings. The van der Waals surface area contributed by atoms with E-state index in [0.717, 1.165) is 16.0 Å². The minimum absolute atomic E-state index is 0.0885. The summed E-state index contributed by atoms with van der Waals surface area (Å²) in [6, 6.07) is 9.18. The molecule has 0 saturated carbocycles. The lowest BCUT2D eigenvalue weighted by molar-refractivity contribution is -0.127. The zero-order valence-corrected chi connectivity index (χ0v) is 20.6. The Morgan fingerprint density at radius 1 is 1.42 bits per heavy atom. The molecule has 1 amide bonds. The number of aromatic nitrogens is 2. The van der Waals surface area contributed by atoms with Crippen molar-refractivity contribution in [3.63, 3.8) is 0 Å². The molecule has 1 aliphatic heterocycles. The number of hydrogen-bond acceptors (Lipinski definition) is 4. The van der Waals surface area contributed by atoms with E-state index >= 15 is 0 Å². The Balaban J connectivity index is 1.87. The van der Waals surface area contributed by atoms with Gasteiger partial charge in [0.25, 0.3) is 0 Å². The van der Waals surface area contributed by atoms with E-state index in [1.807, 2.05) is 18.2 Å². The number of halogens is 3. The number of rotatable bonds is 6. The van der Waals surface area contributed by atoms with Crippen molar-refractivity contribution in [2.75, 3.05) is 6.54 Å². The lowest BCUT2D eigenvalue weighted by Gasteiger charge is -2.33. The first-order chi connectivity index (χ1) is 15.6. The fourth-order valence-corrected chi connectivity index (χ4v) is 5.79. The molecule has 0 aliphatic carbocycles. The normalized spacial score (nSPS) is 17.0. The maximum atomic E-state index is 14.5. The number of hydrogen-bond donors (Lipinski definition) is 1. The standard InChI is InChI=1S/C23H23ClF2N3O2PS/c1-3-21(31)28-10-17(16-8-20(24)33-19(16)12-28)14-6-4-5-7-15(14)18-11-29(9-13(2)30)27-22(18)23(25,26)32/h3-8,11,13,17,30H,1,9-10,12,32H2,2H3/t13-,17+/m0/s1. The van der Waals surface area contributed by atoms with Crippen molar-refractivity contribution < 1.29 is 18.7 Å². The van der Waals surface area contributed by atoms with Gasteiger partial charge in [-0.05, 0) is 35.8 Å². The second kappa shape index (κ2) is 9.26. The first-order valence-corrected chi connectivity index (χ1v) is 12.1. The quantitative estimate of drug-likeness (QED) is 0.366. The number of carbonyl (C=O) groups is 1. The molecule has 33 heavy (non-hydrogen) atoms. The summed E-state index contributed by atoms with van der Waals surface area (Å²) in [7, 11) is 1.54. The Labute approximate surface area is 201 Å². The van der Waals surface area contributed by atoms with Crippen LogP contribution in [0.1, 0.15) is 34.5 Å². The van der Waals surface area contributed by atoms with Crippen molar-refractivity contribution in [2.45, 2.75) is 37.7 Å². The summed E-state index contributed by atoms with van der Waals surface area (Å²) in [5.41, 5.74) is -0.998. The SMILES string of the molecule is C=CC(=O)N1Cc2sc(Cl)cc2[C@@H](c2ccccc2-c2cn(C[C@H](C)O)nc2C(F)(F)P)C1. The number of nitrogens with zero attached hydrogens (tertiary/aromatic N) is 3. The van der Waals surface area contributed by atoms with Gasteiger partial charge in [-0.2, -0.15) is 13.9 Å². The van der Waals surface area contributed by atoms with Crippen molar-refractivity contribution in [2.24, 2.45) is 0 Å². The molecule has 3 aromatic rings. The Bertz CT molecular complexity index is 1200. The van der Waals surface area contributed by atoms with Gasteiger partial charge in [0.2, 0.25) is 5.91 Å². The van der Waals surface area contributed by atoms with E-state index in [4.69, 9.17) is 11.6 Å². The number of benzene rings is 1. The maximum absolute atomic E-state index is 14.5. The topological polar surface area (TPSA) is 58.4 Å². The zero-order chi connectivity index (χ0) is 23.9. The van der Waals surface area contributed by atoms with E-state index in [2.05, 4.69) is 11.7 Å². The number of amides is 1. The van der Waals surface area contributed by atoms with Crippen molar-refractivity contribution in [3.05, 3.63) is 75.2 Å². The van der Waals surface area contributed by atoms with Crippen LogP contribution in [-0.2, 0) is 23.5 Å². The van der Waals surface area contributed by atoms with Gasteiger partial charge in [-0.25, -0.2) is 0 Å². The Morgan fingerprint density at radius 3 is 2.82 bits per heavy atom. The van der Waals surface area contributed by atoms with Gasteiger partial charge in [0, 0.05) is 29.1 Å². The van der Waals surface area contributed by atoms with Gasteiger partial charge in [-0.15, -0.1) is 11.3 Å². The van der Waals surface area contributed by atoms with Crippen LogP contribution < -0.4 is 0 Å². The van der Waals surface area contributed by atoms with Gasteiger partial charge in [0.1, 0.15) is 5.69 Å². The van der Waals surface area contributed by atoms with E-state index in [1.54, 1.807) is 33.2 Å². The highest BCUT2D eigenvalue weighted by Crippen LogP contribution is 2.45. The van der Waals surface area contributed by atoms with Gasteiger partial charge >= 0.3 is 5.66 Å². The molecular weight excluding hydrogens is 487 g/mol. The second-order valence-electron chi connectivity index (χ2n) is 8.08. The van der Waals surface area contributed by atoms with Crippen LogP contribution in [0, 0.1) is 0 Å². The van der Waals surface area contributed by atoms with Gasteiger partial charge in [0.15, 0.2) is 0 Å². The van der Waals surface area contributed by atoms with E-state index < -0.39 is 11.8 Å². The molecule has 3 atom stereocenters. The van der Waals surface area contributed by atoms with Crippen LogP contribution in [0.2, 0.25) is 4.34 Å². The summed E-state index contributed by atoms with van der Waals surface area (Å²) in [4.78, 5) is 15.1. The molecule has 10 heteroatoms. The zero-order valence-electron chi connectivity index (χ0n) is 17.8. The number of alkyl halides is 2. The van der Waals surface area contributed by atoms with Gasteiger partial charge < -0.3 is 10.0 Å². The molecule has 0 saturated heterocycles. The molecule has 0 spiro atoms. The van der Waals surface area contributed by atoms with Gasteiger partial charge in [-0.1, -0.05) is 51.7 Å². The average molecular weight is 510 g/mol. The highest BCUT2D eigenvalue weighted by Gasteiger charge is 2.36. The molecule has 1 aliphatic rings. The first-order valence-electron chi connectivity index (χ1n) is 10.3. The molecule has 2 aromatic heterocycles. The molecule has 1 aromatic carbocycles. The van der Waals surface area contributed by atoms with Crippen LogP contribution in [-0.4, -0.2) is 38.3 Å². The summed E-state index contributed by atoms with van der Waals surface area (Å²) in [5.74, 6) is -0.460. The molecule has 1 unspecified atom stereocenters. The van der Waals surface area contributed by atoms with E-state index in [1.165, 1.54) is 28.3 Å². The summed E-state index contributed by atoms with van der Waals surface area (Å²) >= 11 is 7.72. The fourth-order valence-electron chi connectivity index (χ4n) is 4.22. The van der Waals surface area contributed by atoms with Crippen LogP contribution in [0.15, 0.2) is 49.2 Å². The van der Waals surface area contributed by atoms with E-state index in [-0.39, 0.29) is 29.6 Å². The molecule has 174 valence electrons. The predicted octanol–water partition coefficient (Wildman–Crippen LogP) is 5.23. The minimum Gasteiger partial charge on any atom is -0.391 e. The molecule has 0 bridgehead atoms. The van der Waals surface area contributed by atoms with E-state index in [0.29, 0.717) is 23.0 Å². The number of aliphatic hydroxyl groups is 1. The molecule has 5 nitrogen and oxygen atoms in total. The van der Waals surface area contributed by atoms with Crippen LogP contribution in [0.4, 0.5) is 8.78 Å². The van der Waals surface area contributed by atoms with Crippen molar-refractivity contribution >= 4 is 38.1 Å². The molecule has 3 heterocycles. The lowest BCUT2D eigenvalue weighted by Crippen LogP contribution is -2.37. The average Bonchev–Trinajstić information content (AvgIpc) is 3.34. The number of carbonyl (C=O) groups excluding carboxylic acids is 1. The summed E-state index contributed by atoms with van der Waals surface area (Å²) in [6.45, 7) is 6.05. The van der Waals surface area contributed by atoms with Crippen molar-refractivity contribution in [3.8, 4) is 11.1 Å². The lowest BCUT2D eigenvalue weighted by atomic mass is 9.84. The Hall–Kier alpha value is -2.12. The Morgan fingerprint density at radius 2 is 2.15 bits per heavy atom.